The summed E-state index contributed by atoms with van der Waals surface area (Å²) in [6, 6.07) is 8.75. The van der Waals surface area contributed by atoms with E-state index in [-0.39, 0.29) is 0 Å². The van der Waals surface area contributed by atoms with Crippen LogP contribution in [0.15, 0.2) is 29.6 Å². The first-order valence-corrected chi connectivity index (χ1v) is 8.31. The summed E-state index contributed by atoms with van der Waals surface area (Å²) < 4.78 is 1.43. The summed E-state index contributed by atoms with van der Waals surface area (Å²) in [6.07, 6.45) is 5.17. The van der Waals surface area contributed by atoms with Crippen molar-refractivity contribution in [2.45, 2.75) is 39.5 Å². The second kappa shape index (κ2) is 7.66. The monoisotopic (exact) mass is 275 g/mol. The molecule has 0 spiro atoms. The summed E-state index contributed by atoms with van der Waals surface area (Å²) in [5.41, 5.74) is 1.54. The maximum Gasteiger partial charge on any atom is 0.0345 e. The van der Waals surface area contributed by atoms with Gasteiger partial charge in [-0.3, -0.25) is 0 Å². The van der Waals surface area contributed by atoms with Crippen molar-refractivity contribution in [3.63, 3.8) is 0 Å². The fraction of sp³-hybridized carbons (Fsp3) is 0.529. The van der Waals surface area contributed by atoms with Crippen LogP contribution in [0.3, 0.4) is 0 Å². The molecule has 1 aromatic carbocycles. The van der Waals surface area contributed by atoms with Crippen LogP contribution >= 0.6 is 11.3 Å². The Morgan fingerprint density at radius 3 is 2.79 bits per heavy atom. The van der Waals surface area contributed by atoms with Crippen LogP contribution in [0.25, 0.3) is 10.1 Å². The molecular formula is C17H25NS. The van der Waals surface area contributed by atoms with Crippen LogP contribution in [0.5, 0.6) is 0 Å². The SMILES string of the molecule is CC(C)CNCCCCCc1csc2ccccc12. The predicted octanol–water partition coefficient (Wildman–Crippen LogP) is 4.86. The van der Waals surface area contributed by atoms with Gasteiger partial charge in [0.1, 0.15) is 0 Å². The highest BCUT2D eigenvalue weighted by Crippen LogP contribution is 2.26. The molecule has 104 valence electrons. The van der Waals surface area contributed by atoms with E-state index in [9.17, 15) is 0 Å². The maximum absolute atomic E-state index is 3.51. The zero-order valence-electron chi connectivity index (χ0n) is 12.1. The topological polar surface area (TPSA) is 12.0 Å². The van der Waals surface area contributed by atoms with Crippen LogP contribution in [0.1, 0.15) is 38.7 Å². The van der Waals surface area contributed by atoms with Gasteiger partial charge in [-0.25, -0.2) is 0 Å². The summed E-state index contributed by atoms with van der Waals surface area (Å²) >= 11 is 1.88. The molecule has 1 N–H and O–H groups in total. The van der Waals surface area contributed by atoms with Gasteiger partial charge >= 0.3 is 0 Å². The number of aryl methyl sites for hydroxylation is 1. The van der Waals surface area contributed by atoms with Crippen LogP contribution in [0.2, 0.25) is 0 Å². The highest BCUT2D eigenvalue weighted by atomic mass is 32.1. The number of rotatable bonds is 8. The average molecular weight is 275 g/mol. The first-order chi connectivity index (χ1) is 9.27. The van der Waals surface area contributed by atoms with Crippen molar-refractivity contribution in [3.05, 3.63) is 35.2 Å². The second-order valence-corrected chi connectivity index (χ2v) is 6.58. The summed E-state index contributed by atoms with van der Waals surface area (Å²) in [5, 5.41) is 7.31. The Morgan fingerprint density at radius 1 is 1.11 bits per heavy atom. The molecular weight excluding hydrogens is 250 g/mol. The van der Waals surface area contributed by atoms with Gasteiger partial charge in [-0.05, 0) is 60.7 Å². The van der Waals surface area contributed by atoms with Crippen molar-refractivity contribution in [1.29, 1.82) is 0 Å². The van der Waals surface area contributed by atoms with Gasteiger partial charge in [-0.1, -0.05) is 38.5 Å². The zero-order chi connectivity index (χ0) is 13.5. The van der Waals surface area contributed by atoms with Gasteiger partial charge in [0.15, 0.2) is 0 Å². The molecule has 0 fully saturated rings. The van der Waals surface area contributed by atoms with Gasteiger partial charge < -0.3 is 5.32 Å². The molecule has 1 nitrogen and oxygen atoms in total. The van der Waals surface area contributed by atoms with Gasteiger partial charge in [-0.2, -0.15) is 0 Å². The van der Waals surface area contributed by atoms with E-state index in [4.69, 9.17) is 0 Å². The molecule has 19 heavy (non-hydrogen) atoms. The fourth-order valence-corrected chi connectivity index (χ4v) is 3.36. The van der Waals surface area contributed by atoms with E-state index in [1.807, 2.05) is 11.3 Å². The van der Waals surface area contributed by atoms with Crippen LogP contribution in [0, 0.1) is 5.92 Å². The summed E-state index contributed by atoms with van der Waals surface area (Å²) in [5.74, 6) is 0.761. The first-order valence-electron chi connectivity index (χ1n) is 7.43. The normalized spacial score (nSPS) is 11.5. The molecule has 1 aromatic heterocycles. The van der Waals surface area contributed by atoms with Gasteiger partial charge in [0, 0.05) is 4.70 Å². The number of hydrogen-bond donors (Lipinski definition) is 1. The van der Waals surface area contributed by atoms with E-state index >= 15 is 0 Å². The minimum absolute atomic E-state index is 0.761. The smallest absolute Gasteiger partial charge is 0.0345 e. The predicted molar refractivity (Wildman–Crippen MR) is 87.1 cm³/mol. The molecule has 2 heteroatoms. The third-order valence-electron chi connectivity index (χ3n) is 3.41. The lowest BCUT2D eigenvalue weighted by atomic mass is 10.1. The third kappa shape index (κ3) is 4.63. The lowest BCUT2D eigenvalue weighted by Crippen LogP contribution is -2.20. The lowest BCUT2D eigenvalue weighted by Gasteiger charge is -2.06. The van der Waals surface area contributed by atoms with Crippen LogP contribution < -0.4 is 5.32 Å². The molecule has 0 aliphatic rings. The molecule has 0 bridgehead atoms. The molecule has 0 saturated heterocycles. The molecule has 0 unspecified atom stereocenters. The number of thiophene rings is 1. The van der Waals surface area contributed by atoms with E-state index in [0.717, 1.165) is 12.5 Å². The minimum atomic E-state index is 0.761. The quantitative estimate of drug-likeness (QED) is 0.678. The molecule has 1 heterocycles. The Balaban J connectivity index is 1.66. The average Bonchev–Trinajstić information content (AvgIpc) is 2.81. The van der Waals surface area contributed by atoms with Crippen molar-refractivity contribution >= 4 is 21.4 Å². The van der Waals surface area contributed by atoms with Crippen molar-refractivity contribution in [3.8, 4) is 0 Å². The Labute approximate surface area is 121 Å². The second-order valence-electron chi connectivity index (χ2n) is 5.67. The lowest BCUT2D eigenvalue weighted by molar-refractivity contribution is 0.530. The number of unbranched alkanes of at least 4 members (excludes halogenated alkanes) is 2. The minimum Gasteiger partial charge on any atom is -0.316 e. The van der Waals surface area contributed by atoms with E-state index in [1.165, 1.54) is 47.9 Å². The summed E-state index contributed by atoms with van der Waals surface area (Å²) in [4.78, 5) is 0. The summed E-state index contributed by atoms with van der Waals surface area (Å²) in [7, 11) is 0. The van der Waals surface area contributed by atoms with Crippen molar-refractivity contribution in [1.82, 2.24) is 5.32 Å². The highest BCUT2D eigenvalue weighted by molar-refractivity contribution is 7.17. The fourth-order valence-electron chi connectivity index (χ4n) is 2.36. The maximum atomic E-state index is 3.51. The van der Waals surface area contributed by atoms with Crippen LogP contribution in [0.4, 0.5) is 0 Å². The van der Waals surface area contributed by atoms with Crippen molar-refractivity contribution in [2.24, 2.45) is 5.92 Å². The Hall–Kier alpha value is -0.860. The van der Waals surface area contributed by atoms with E-state index in [0.29, 0.717) is 0 Å². The zero-order valence-corrected chi connectivity index (χ0v) is 12.9. The van der Waals surface area contributed by atoms with E-state index < -0.39 is 0 Å². The first kappa shape index (κ1) is 14.5. The Morgan fingerprint density at radius 2 is 1.95 bits per heavy atom. The number of hydrogen-bond acceptors (Lipinski definition) is 2. The Bertz CT molecular complexity index is 487. The van der Waals surface area contributed by atoms with E-state index in [2.05, 4.69) is 48.8 Å². The third-order valence-corrected chi connectivity index (χ3v) is 4.43. The number of nitrogens with one attached hydrogen (secondary N) is 1. The molecule has 0 saturated carbocycles. The van der Waals surface area contributed by atoms with Gasteiger partial charge in [0.25, 0.3) is 0 Å². The Kier molecular flexibility index (Phi) is 5.87. The molecule has 0 atom stereocenters. The standard InChI is InChI=1S/C17H25NS/c1-14(2)12-18-11-7-3-4-8-15-13-19-17-10-6-5-9-16(15)17/h5-6,9-10,13-14,18H,3-4,7-8,11-12H2,1-2H3. The molecule has 0 aliphatic heterocycles. The number of benzene rings is 1. The molecule has 2 rings (SSSR count). The molecule has 2 aromatic rings. The summed E-state index contributed by atoms with van der Waals surface area (Å²) in [6.45, 7) is 6.83. The van der Waals surface area contributed by atoms with Crippen LogP contribution in [-0.2, 0) is 6.42 Å². The largest absolute Gasteiger partial charge is 0.316 e. The van der Waals surface area contributed by atoms with Gasteiger partial charge in [0.05, 0.1) is 0 Å². The number of fused-ring (bicyclic) bond motifs is 1. The van der Waals surface area contributed by atoms with Gasteiger partial charge in [-0.15, -0.1) is 11.3 Å². The van der Waals surface area contributed by atoms with Crippen LogP contribution in [-0.4, -0.2) is 13.1 Å². The van der Waals surface area contributed by atoms with Crippen molar-refractivity contribution in [2.75, 3.05) is 13.1 Å². The molecule has 0 radical (unpaired) electrons. The highest BCUT2D eigenvalue weighted by Gasteiger charge is 2.02. The molecule has 0 aliphatic carbocycles. The van der Waals surface area contributed by atoms with E-state index in [1.54, 1.807) is 0 Å². The van der Waals surface area contributed by atoms with Gasteiger partial charge in [0.2, 0.25) is 0 Å². The van der Waals surface area contributed by atoms with Crippen molar-refractivity contribution < 1.29 is 0 Å². The molecule has 0 amide bonds.